The van der Waals surface area contributed by atoms with Crippen LogP contribution >= 0.6 is 0 Å². The van der Waals surface area contributed by atoms with E-state index in [1.165, 1.54) is 10.5 Å². The molecule has 0 radical (unpaired) electrons. The third-order valence-electron chi connectivity index (χ3n) is 7.33. The number of nitrogens with two attached hydrogens (primary N) is 1. The van der Waals surface area contributed by atoms with Gasteiger partial charge in [0, 0.05) is 43.3 Å². The number of halogens is 2. The molecule has 12 heteroatoms. The largest absolute Gasteiger partial charge is 0.486 e. The first-order valence-corrected chi connectivity index (χ1v) is 14.3. The first-order valence-electron chi connectivity index (χ1n) is 12.7. The molecule has 0 unspecified atom stereocenters. The fourth-order valence-corrected chi connectivity index (χ4v) is 6.08. The van der Waals surface area contributed by atoms with Gasteiger partial charge in [-0.2, -0.15) is 14.1 Å². The Kier molecular flexibility index (Phi) is 7.10. The number of aromatic nitrogens is 2. The summed E-state index contributed by atoms with van der Waals surface area (Å²) < 4.78 is 62.3. The lowest BCUT2D eigenvalue weighted by Crippen LogP contribution is -2.49. The van der Waals surface area contributed by atoms with Gasteiger partial charge in [-0.15, -0.1) is 0 Å². The molecule has 2 aliphatic rings. The fourth-order valence-electron chi connectivity index (χ4n) is 4.58. The van der Waals surface area contributed by atoms with Crippen molar-refractivity contribution in [3.8, 4) is 11.4 Å². The lowest BCUT2D eigenvalue weighted by atomic mass is 10.1. The molecule has 3 aromatic rings. The van der Waals surface area contributed by atoms with E-state index in [2.05, 4.69) is 12.0 Å². The number of aryl methyl sites for hydroxylation is 1. The summed E-state index contributed by atoms with van der Waals surface area (Å²) in [4.78, 5) is 15.3. The number of nitrogen functional groups attached to an aromatic ring is 1. The molecule has 1 saturated heterocycles. The predicted octanol–water partition coefficient (Wildman–Crippen LogP) is 3.23. The van der Waals surface area contributed by atoms with Crippen LogP contribution in [0.15, 0.2) is 47.4 Å². The summed E-state index contributed by atoms with van der Waals surface area (Å²) >= 11 is 0. The van der Waals surface area contributed by atoms with Crippen molar-refractivity contribution in [1.29, 1.82) is 0 Å². The maximum Gasteiger partial charge on any atom is 0.316 e. The SMILES string of the molecule is Cc1cc(CS(=O)(=O)N2CCN(c3cnn(-c4cc(F)cc(F)c4)c(=O)c3OCC3(C)CC3)CC2)ccc1N. The van der Waals surface area contributed by atoms with Crippen molar-refractivity contribution in [3.63, 3.8) is 0 Å². The van der Waals surface area contributed by atoms with Gasteiger partial charge in [0.2, 0.25) is 15.8 Å². The molecule has 9 nitrogen and oxygen atoms in total. The molecular weight excluding hydrogens is 528 g/mol. The molecule has 2 N–H and O–H groups in total. The second kappa shape index (κ2) is 10.2. The highest BCUT2D eigenvalue weighted by Crippen LogP contribution is 2.45. The number of ether oxygens (including phenoxy) is 1. The van der Waals surface area contributed by atoms with Crippen molar-refractivity contribution in [2.75, 3.05) is 43.4 Å². The van der Waals surface area contributed by atoms with Crippen molar-refractivity contribution in [3.05, 3.63) is 75.7 Å². The number of hydrogen-bond donors (Lipinski definition) is 1. The lowest BCUT2D eigenvalue weighted by molar-refractivity contribution is 0.242. The Balaban J connectivity index is 1.37. The molecule has 0 atom stereocenters. The molecular formula is C27H31F2N5O4S. The van der Waals surface area contributed by atoms with Gasteiger partial charge in [0.15, 0.2) is 0 Å². The second-order valence-electron chi connectivity index (χ2n) is 10.6. The van der Waals surface area contributed by atoms with Crippen LogP contribution in [0.25, 0.3) is 5.69 Å². The average molecular weight is 560 g/mol. The maximum absolute atomic E-state index is 13.9. The number of sulfonamides is 1. The highest BCUT2D eigenvalue weighted by atomic mass is 32.2. The number of piperazine rings is 1. The number of anilines is 2. The zero-order valence-corrected chi connectivity index (χ0v) is 22.7. The van der Waals surface area contributed by atoms with Crippen molar-refractivity contribution in [2.45, 2.75) is 32.4 Å². The molecule has 0 bridgehead atoms. The molecule has 1 aromatic heterocycles. The molecule has 2 fully saturated rings. The summed E-state index contributed by atoms with van der Waals surface area (Å²) in [6, 6.07) is 7.96. The fraction of sp³-hybridized carbons (Fsp3) is 0.407. The Morgan fingerprint density at radius 3 is 2.33 bits per heavy atom. The zero-order chi connectivity index (χ0) is 27.9. The van der Waals surface area contributed by atoms with Crippen LogP contribution in [0.2, 0.25) is 0 Å². The van der Waals surface area contributed by atoms with E-state index in [1.54, 1.807) is 18.2 Å². The number of hydrogen-bond acceptors (Lipinski definition) is 7. The minimum atomic E-state index is -3.58. The quantitative estimate of drug-likeness (QED) is 0.422. The summed E-state index contributed by atoms with van der Waals surface area (Å²) in [5, 5.41) is 4.17. The number of nitrogens with zero attached hydrogens (tertiary/aromatic N) is 4. The molecule has 2 aromatic carbocycles. The van der Waals surface area contributed by atoms with Gasteiger partial charge >= 0.3 is 5.56 Å². The molecule has 2 heterocycles. The summed E-state index contributed by atoms with van der Waals surface area (Å²) in [5.74, 6) is -1.77. The van der Waals surface area contributed by atoms with Gasteiger partial charge in [0.25, 0.3) is 0 Å². The topological polar surface area (TPSA) is 111 Å². The summed E-state index contributed by atoms with van der Waals surface area (Å²) in [7, 11) is -3.58. The average Bonchev–Trinajstić information content (AvgIpc) is 3.62. The minimum Gasteiger partial charge on any atom is -0.486 e. The minimum absolute atomic E-state index is 0.0245. The van der Waals surface area contributed by atoms with Crippen molar-refractivity contribution >= 4 is 21.4 Å². The van der Waals surface area contributed by atoms with Crippen LogP contribution in [0.5, 0.6) is 5.75 Å². The Bertz CT molecular complexity index is 1540. The Morgan fingerprint density at radius 2 is 1.72 bits per heavy atom. The van der Waals surface area contributed by atoms with Gasteiger partial charge in [-0.1, -0.05) is 19.1 Å². The number of rotatable bonds is 8. The Labute approximate surface area is 225 Å². The van der Waals surface area contributed by atoms with Crippen LogP contribution < -0.4 is 20.9 Å². The summed E-state index contributed by atoms with van der Waals surface area (Å²) in [5.41, 5.74) is 7.64. The third kappa shape index (κ3) is 5.91. The van der Waals surface area contributed by atoms with E-state index in [0.717, 1.165) is 41.3 Å². The summed E-state index contributed by atoms with van der Waals surface area (Å²) in [6.07, 6.45) is 3.37. The van der Waals surface area contributed by atoms with Gasteiger partial charge < -0.3 is 15.4 Å². The van der Waals surface area contributed by atoms with E-state index in [4.69, 9.17) is 10.5 Å². The lowest BCUT2D eigenvalue weighted by Gasteiger charge is -2.35. The Hall–Kier alpha value is -3.51. The van der Waals surface area contributed by atoms with Crippen LogP contribution in [-0.2, 0) is 15.8 Å². The van der Waals surface area contributed by atoms with Crippen molar-refractivity contribution < 1.29 is 21.9 Å². The van der Waals surface area contributed by atoms with Gasteiger partial charge in [-0.3, -0.25) is 4.79 Å². The molecule has 0 spiro atoms. The highest BCUT2D eigenvalue weighted by Gasteiger charge is 2.39. The van der Waals surface area contributed by atoms with E-state index in [9.17, 15) is 22.0 Å². The molecule has 1 aliphatic heterocycles. The number of benzene rings is 2. The smallest absolute Gasteiger partial charge is 0.316 e. The van der Waals surface area contributed by atoms with E-state index >= 15 is 0 Å². The summed E-state index contributed by atoms with van der Waals surface area (Å²) in [6.45, 7) is 5.25. The highest BCUT2D eigenvalue weighted by molar-refractivity contribution is 7.88. The molecule has 1 saturated carbocycles. The molecule has 39 heavy (non-hydrogen) atoms. The Morgan fingerprint density at radius 1 is 1.05 bits per heavy atom. The normalized spacial score (nSPS) is 17.3. The van der Waals surface area contributed by atoms with Crippen LogP contribution in [-0.4, -0.2) is 55.3 Å². The van der Waals surface area contributed by atoms with E-state index in [0.29, 0.717) is 36.6 Å². The van der Waals surface area contributed by atoms with Gasteiger partial charge in [-0.25, -0.2) is 17.2 Å². The molecule has 0 amide bonds. The van der Waals surface area contributed by atoms with E-state index in [-0.39, 0.29) is 35.7 Å². The first kappa shape index (κ1) is 27.1. The predicted molar refractivity (Wildman–Crippen MR) is 145 cm³/mol. The van der Waals surface area contributed by atoms with Gasteiger partial charge in [0.1, 0.15) is 17.3 Å². The van der Waals surface area contributed by atoms with Crippen LogP contribution in [0, 0.1) is 24.0 Å². The molecule has 1 aliphatic carbocycles. The van der Waals surface area contributed by atoms with Crippen LogP contribution in [0.4, 0.5) is 20.2 Å². The van der Waals surface area contributed by atoms with Crippen LogP contribution in [0.3, 0.4) is 0 Å². The molecule has 5 rings (SSSR count). The van der Waals surface area contributed by atoms with Crippen molar-refractivity contribution in [1.82, 2.24) is 14.1 Å². The monoisotopic (exact) mass is 559 g/mol. The van der Waals surface area contributed by atoms with Gasteiger partial charge in [-0.05, 0) is 49.1 Å². The van der Waals surface area contributed by atoms with Crippen LogP contribution in [0.1, 0.15) is 30.9 Å². The third-order valence-corrected chi connectivity index (χ3v) is 9.18. The molecule has 208 valence electrons. The first-order chi connectivity index (χ1) is 18.4. The standard InChI is InChI=1S/C27H31F2N5O4S/c1-18-11-19(3-4-23(18)30)16-39(36,37)33-9-7-32(8-10-33)24-15-31-34(22-13-20(28)12-21(29)14-22)26(35)25(24)38-17-27(2)5-6-27/h3-4,11-15H,5-10,16-17,30H2,1-2H3. The van der Waals surface area contributed by atoms with Crippen molar-refractivity contribution in [2.24, 2.45) is 5.41 Å². The second-order valence-corrected chi connectivity index (χ2v) is 12.6. The van der Waals surface area contributed by atoms with E-state index < -0.39 is 27.2 Å². The maximum atomic E-state index is 13.9. The zero-order valence-electron chi connectivity index (χ0n) is 21.9. The van der Waals surface area contributed by atoms with Gasteiger partial charge in [0.05, 0.1) is 24.2 Å². The van der Waals surface area contributed by atoms with E-state index in [1.807, 2.05) is 11.8 Å².